The summed E-state index contributed by atoms with van der Waals surface area (Å²) in [5.74, 6) is -3.74. The van der Waals surface area contributed by atoms with E-state index in [4.69, 9.17) is 10.8 Å². The number of amides is 2. The quantitative estimate of drug-likeness (QED) is 0.735. The summed E-state index contributed by atoms with van der Waals surface area (Å²) >= 11 is 3.04. The van der Waals surface area contributed by atoms with Crippen LogP contribution in [-0.2, 0) is 9.59 Å². The summed E-state index contributed by atoms with van der Waals surface area (Å²) in [6.07, 6.45) is -0.548. The molecule has 0 spiro atoms. The van der Waals surface area contributed by atoms with E-state index in [2.05, 4.69) is 21.2 Å². The number of nitrogens with one attached hydrogen (secondary N) is 1. The van der Waals surface area contributed by atoms with Crippen molar-refractivity contribution >= 4 is 33.7 Å². The van der Waals surface area contributed by atoms with Crippen molar-refractivity contribution in [1.82, 2.24) is 5.32 Å². The fourth-order valence-electron chi connectivity index (χ4n) is 1.31. The normalized spacial score (nSPS) is 11.7. The topological polar surface area (TPSA) is 109 Å². The number of hydrogen-bond acceptors (Lipinski definition) is 3. The van der Waals surface area contributed by atoms with Gasteiger partial charge in [-0.25, -0.2) is 9.18 Å². The molecule has 0 unspecified atom stereocenters. The Morgan fingerprint density at radius 2 is 2.05 bits per heavy atom. The monoisotopic (exact) mass is 332 g/mol. The van der Waals surface area contributed by atoms with E-state index in [1.807, 2.05) is 0 Å². The van der Waals surface area contributed by atoms with Gasteiger partial charge in [0.2, 0.25) is 5.91 Å². The van der Waals surface area contributed by atoms with Crippen molar-refractivity contribution in [2.75, 3.05) is 0 Å². The van der Waals surface area contributed by atoms with Crippen molar-refractivity contribution in [3.63, 3.8) is 0 Å². The molecule has 0 radical (unpaired) electrons. The van der Waals surface area contributed by atoms with Gasteiger partial charge in [0.05, 0.1) is 12.0 Å². The van der Waals surface area contributed by atoms with Gasteiger partial charge in [-0.2, -0.15) is 0 Å². The van der Waals surface area contributed by atoms with Crippen LogP contribution in [0.1, 0.15) is 16.8 Å². The van der Waals surface area contributed by atoms with Crippen LogP contribution in [0.15, 0.2) is 22.7 Å². The number of nitrogens with two attached hydrogens (primary N) is 1. The minimum atomic E-state index is -1.46. The molecule has 0 heterocycles. The second-order valence-corrected chi connectivity index (χ2v) is 4.51. The molecule has 8 heteroatoms. The number of rotatable bonds is 5. The van der Waals surface area contributed by atoms with Crippen LogP contribution < -0.4 is 11.1 Å². The minimum Gasteiger partial charge on any atom is -0.480 e. The lowest BCUT2D eigenvalue weighted by atomic mass is 10.1. The third kappa shape index (κ3) is 4.32. The molecule has 0 bridgehead atoms. The summed E-state index contributed by atoms with van der Waals surface area (Å²) in [6, 6.07) is 1.94. The molecule has 0 aromatic heterocycles. The summed E-state index contributed by atoms with van der Waals surface area (Å²) in [5, 5.41) is 10.9. The maximum atomic E-state index is 13.0. The van der Waals surface area contributed by atoms with E-state index >= 15 is 0 Å². The van der Waals surface area contributed by atoms with Crippen molar-refractivity contribution in [2.45, 2.75) is 12.5 Å². The first kappa shape index (κ1) is 15.1. The molecular weight excluding hydrogens is 323 g/mol. The van der Waals surface area contributed by atoms with Gasteiger partial charge in [-0.15, -0.1) is 0 Å². The van der Waals surface area contributed by atoms with E-state index in [9.17, 15) is 18.8 Å². The lowest BCUT2D eigenvalue weighted by molar-refractivity contribution is -0.140. The molecule has 1 rings (SSSR count). The fraction of sp³-hybridized carbons (Fsp3) is 0.182. The smallest absolute Gasteiger partial charge is 0.326 e. The molecule has 1 atom stereocenters. The van der Waals surface area contributed by atoms with Crippen LogP contribution in [0.5, 0.6) is 0 Å². The van der Waals surface area contributed by atoms with Crippen LogP contribution in [0.2, 0.25) is 0 Å². The largest absolute Gasteiger partial charge is 0.480 e. The van der Waals surface area contributed by atoms with E-state index in [0.29, 0.717) is 4.47 Å². The molecule has 102 valence electrons. The zero-order chi connectivity index (χ0) is 14.6. The molecule has 0 aliphatic heterocycles. The molecular formula is C11H10BrFN2O4. The third-order valence-corrected chi connectivity index (χ3v) is 2.87. The molecule has 0 saturated carbocycles. The molecule has 2 amide bonds. The summed E-state index contributed by atoms with van der Waals surface area (Å²) < 4.78 is 13.3. The highest BCUT2D eigenvalue weighted by molar-refractivity contribution is 9.10. The Morgan fingerprint density at radius 1 is 1.42 bits per heavy atom. The van der Waals surface area contributed by atoms with Crippen molar-refractivity contribution in [2.24, 2.45) is 5.73 Å². The van der Waals surface area contributed by atoms with Gasteiger partial charge in [-0.3, -0.25) is 9.59 Å². The molecule has 6 nitrogen and oxygen atoms in total. The Kier molecular flexibility index (Phi) is 4.99. The van der Waals surface area contributed by atoms with Gasteiger partial charge in [0, 0.05) is 4.47 Å². The minimum absolute atomic E-state index is 0.0734. The zero-order valence-electron chi connectivity index (χ0n) is 9.52. The first-order valence-electron chi connectivity index (χ1n) is 5.08. The first-order chi connectivity index (χ1) is 8.81. The Morgan fingerprint density at radius 3 is 2.58 bits per heavy atom. The molecule has 0 aliphatic carbocycles. The standard InChI is InChI=1S/C11H10BrFN2O4/c12-7-2-1-5(13)3-6(7)10(17)15-8(11(18)19)4-9(14)16/h1-3,8H,4H2,(H2,14,16)(H,15,17)(H,18,19)/t8-/m1/s1. The highest BCUT2D eigenvalue weighted by Crippen LogP contribution is 2.17. The van der Waals surface area contributed by atoms with Gasteiger partial charge in [0.15, 0.2) is 0 Å². The van der Waals surface area contributed by atoms with Crippen LogP contribution in [0.3, 0.4) is 0 Å². The van der Waals surface area contributed by atoms with Crippen LogP contribution >= 0.6 is 15.9 Å². The summed E-state index contributed by atoms with van der Waals surface area (Å²) in [4.78, 5) is 33.3. The number of carbonyl (C=O) groups is 3. The van der Waals surface area contributed by atoms with Gasteiger partial charge >= 0.3 is 5.97 Å². The first-order valence-corrected chi connectivity index (χ1v) is 5.87. The van der Waals surface area contributed by atoms with Crippen molar-refractivity contribution < 1.29 is 23.9 Å². The average Bonchev–Trinajstić information content (AvgIpc) is 2.30. The highest BCUT2D eigenvalue weighted by atomic mass is 79.9. The molecule has 0 fully saturated rings. The van der Waals surface area contributed by atoms with Crippen molar-refractivity contribution in [1.29, 1.82) is 0 Å². The van der Waals surface area contributed by atoms with Gasteiger partial charge in [-0.05, 0) is 34.1 Å². The number of carboxylic acid groups (broad SMARTS) is 1. The molecule has 19 heavy (non-hydrogen) atoms. The Hall–Kier alpha value is -1.96. The van der Waals surface area contributed by atoms with Crippen LogP contribution in [-0.4, -0.2) is 28.9 Å². The molecule has 0 saturated heterocycles. The van der Waals surface area contributed by atoms with E-state index in [-0.39, 0.29) is 5.56 Å². The van der Waals surface area contributed by atoms with E-state index in [1.54, 1.807) is 0 Å². The number of carboxylic acids is 1. The zero-order valence-corrected chi connectivity index (χ0v) is 11.1. The van der Waals surface area contributed by atoms with Gasteiger partial charge in [0.25, 0.3) is 5.91 Å². The number of primary amides is 1. The van der Waals surface area contributed by atoms with Crippen molar-refractivity contribution in [3.05, 3.63) is 34.1 Å². The van der Waals surface area contributed by atoms with Crippen LogP contribution in [0.25, 0.3) is 0 Å². The predicted octanol–water partition coefficient (Wildman–Crippen LogP) is 0.647. The van der Waals surface area contributed by atoms with Gasteiger partial charge in [0.1, 0.15) is 11.9 Å². The van der Waals surface area contributed by atoms with E-state index in [0.717, 1.165) is 12.1 Å². The number of aliphatic carboxylic acids is 1. The maximum absolute atomic E-state index is 13.0. The SMILES string of the molecule is NC(=O)C[C@@H](NC(=O)c1cc(F)ccc1Br)C(=O)O. The second kappa shape index (κ2) is 6.28. The van der Waals surface area contributed by atoms with E-state index < -0.39 is 36.1 Å². The number of carbonyl (C=O) groups excluding carboxylic acids is 2. The molecule has 1 aromatic carbocycles. The number of benzene rings is 1. The van der Waals surface area contributed by atoms with Crippen LogP contribution in [0, 0.1) is 5.82 Å². The van der Waals surface area contributed by atoms with Crippen molar-refractivity contribution in [3.8, 4) is 0 Å². The van der Waals surface area contributed by atoms with Gasteiger partial charge < -0.3 is 16.2 Å². The third-order valence-electron chi connectivity index (χ3n) is 2.18. The number of halogens is 2. The fourth-order valence-corrected chi connectivity index (χ4v) is 1.74. The lowest BCUT2D eigenvalue weighted by Crippen LogP contribution is -2.43. The number of hydrogen-bond donors (Lipinski definition) is 3. The average molecular weight is 333 g/mol. The predicted molar refractivity (Wildman–Crippen MR) is 66.8 cm³/mol. The molecule has 4 N–H and O–H groups in total. The van der Waals surface area contributed by atoms with E-state index in [1.165, 1.54) is 6.07 Å². The molecule has 1 aromatic rings. The summed E-state index contributed by atoms with van der Waals surface area (Å²) in [7, 11) is 0. The Bertz CT molecular complexity index is 535. The second-order valence-electron chi connectivity index (χ2n) is 3.66. The highest BCUT2D eigenvalue weighted by Gasteiger charge is 2.23. The Labute approximate surface area is 115 Å². The molecule has 0 aliphatic rings. The van der Waals surface area contributed by atoms with Crippen LogP contribution in [0.4, 0.5) is 4.39 Å². The van der Waals surface area contributed by atoms with Gasteiger partial charge in [-0.1, -0.05) is 0 Å². The summed E-state index contributed by atoms with van der Waals surface area (Å²) in [5.41, 5.74) is 4.80. The summed E-state index contributed by atoms with van der Waals surface area (Å²) in [6.45, 7) is 0. The Balaban J connectivity index is 2.90. The maximum Gasteiger partial charge on any atom is 0.326 e. The lowest BCUT2D eigenvalue weighted by Gasteiger charge is -2.13.